The second-order valence-electron chi connectivity index (χ2n) is 10.4. The summed E-state index contributed by atoms with van der Waals surface area (Å²) >= 11 is 0. The summed E-state index contributed by atoms with van der Waals surface area (Å²) < 4.78 is 5.18. The van der Waals surface area contributed by atoms with Crippen LogP contribution in [0.5, 0.6) is 5.75 Å². The van der Waals surface area contributed by atoms with Crippen molar-refractivity contribution < 1.29 is 19.1 Å². The van der Waals surface area contributed by atoms with E-state index in [4.69, 9.17) is 4.74 Å². The number of benzene rings is 2. The second-order valence-corrected chi connectivity index (χ2v) is 10.4. The Morgan fingerprint density at radius 3 is 2.18 bits per heavy atom. The molecule has 2 aromatic rings. The summed E-state index contributed by atoms with van der Waals surface area (Å²) in [6.45, 7) is 8.00. The molecule has 2 aromatic carbocycles. The average molecular weight is 522 g/mol. The SMILES string of the molecule is COc1ccc(NC(=O)N2CCCN(c3ccc(NC(=O)CC(C)C)cc3C(=O)N3CCCC3)CC2)cc1. The van der Waals surface area contributed by atoms with Gasteiger partial charge in [-0.25, -0.2) is 4.79 Å². The Morgan fingerprint density at radius 1 is 0.816 bits per heavy atom. The van der Waals surface area contributed by atoms with Gasteiger partial charge in [0.05, 0.1) is 12.7 Å². The highest BCUT2D eigenvalue weighted by atomic mass is 16.5. The molecule has 2 fully saturated rings. The van der Waals surface area contributed by atoms with Gasteiger partial charge in [-0.05, 0) is 67.6 Å². The zero-order chi connectivity index (χ0) is 27.1. The van der Waals surface area contributed by atoms with Crippen LogP contribution in [-0.2, 0) is 4.79 Å². The molecule has 2 aliphatic heterocycles. The lowest BCUT2D eigenvalue weighted by Crippen LogP contribution is -2.38. The first-order valence-corrected chi connectivity index (χ1v) is 13.5. The second kappa shape index (κ2) is 12.7. The van der Waals surface area contributed by atoms with Crippen molar-refractivity contribution in [2.75, 3.05) is 61.9 Å². The lowest BCUT2D eigenvalue weighted by molar-refractivity contribution is -0.116. The van der Waals surface area contributed by atoms with E-state index < -0.39 is 0 Å². The van der Waals surface area contributed by atoms with E-state index in [-0.39, 0.29) is 23.8 Å². The topological polar surface area (TPSA) is 94.2 Å². The molecule has 9 nitrogen and oxygen atoms in total. The van der Waals surface area contributed by atoms with Gasteiger partial charge in [-0.2, -0.15) is 0 Å². The number of urea groups is 1. The molecule has 2 heterocycles. The number of carbonyl (C=O) groups excluding carboxylic acids is 3. The first kappa shape index (κ1) is 27.3. The Hall–Kier alpha value is -3.75. The van der Waals surface area contributed by atoms with Gasteiger partial charge in [0.2, 0.25) is 5.91 Å². The van der Waals surface area contributed by atoms with E-state index in [2.05, 4.69) is 15.5 Å². The monoisotopic (exact) mass is 521 g/mol. The average Bonchev–Trinajstić information content (AvgIpc) is 3.33. The molecule has 2 N–H and O–H groups in total. The summed E-state index contributed by atoms with van der Waals surface area (Å²) in [5.41, 5.74) is 2.80. The van der Waals surface area contributed by atoms with Gasteiger partial charge in [-0.15, -0.1) is 0 Å². The van der Waals surface area contributed by atoms with E-state index in [1.165, 1.54) is 0 Å². The summed E-state index contributed by atoms with van der Waals surface area (Å²) in [4.78, 5) is 44.8. The van der Waals surface area contributed by atoms with Crippen molar-refractivity contribution in [2.45, 2.75) is 39.5 Å². The van der Waals surface area contributed by atoms with Crippen molar-refractivity contribution in [3.05, 3.63) is 48.0 Å². The van der Waals surface area contributed by atoms with Crippen LogP contribution in [0, 0.1) is 5.92 Å². The summed E-state index contributed by atoms with van der Waals surface area (Å²) in [6.07, 6.45) is 3.22. The van der Waals surface area contributed by atoms with E-state index in [9.17, 15) is 14.4 Å². The fourth-order valence-corrected chi connectivity index (χ4v) is 4.97. The summed E-state index contributed by atoms with van der Waals surface area (Å²) in [6, 6.07) is 12.7. The minimum absolute atomic E-state index is 0.00388. The Labute approximate surface area is 225 Å². The highest BCUT2D eigenvalue weighted by Crippen LogP contribution is 2.28. The number of rotatable bonds is 7. The molecule has 0 radical (unpaired) electrons. The fraction of sp³-hybridized carbons (Fsp3) is 0.483. The van der Waals surface area contributed by atoms with Crippen LogP contribution in [-0.4, -0.2) is 74.0 Å². The van der Waals surface area contributed by atoms with Crippen molar-refractivity contribution in [3.63, 3.8) is 0 Å². The molecular formula is C29H39N5O4. The van der Waals surface area contributed by atoms with E-state index in [1.807, 2.05) is 66.1 Å². The molecule has 0 aliphatic carbocycles. The number of ether oxygens (including phenoxy) is 1. The van der Waals surface area contributed by atoms with Crippen molar-refractivity contribution in [1.82, 2.24) is 9.80 Å². The van der Waals surface area contributed by atoms with Gasteiger partial charge in [0.15, 0.2) is 0 Å². The molecule has 4 amide bonds. The van der Waals surface area contributed by atoms with Gasteiger partial charge < -0.3 is 30.1 Å². The number of methoxy groups -OCH3 is 1. The van der Waals surface area contributed by atoms with Gasteiger partial charge in [0.1, 0.15) is 5.75 Å². The van der Waals surface area contributed by atoms with Gasteiger partial charge in [-0.1, -0.05) is 13.8 Å². The summed E-state index contributed by atoms with van der Waals surface area (Å²) in [7, 11) is 1.61. The molecule has 204 valence electrons. The third kappa shape index (κ3) is 6.96. The maximum absolute atomic E-state index is 13.5. The van der Waals surface area contributed by atoms with Crippen molar-refractivity contribution in [1.29, 1.82) is 0 Å². The Bertz CT molecular complexity index is 1130. The zero-order valence-corrected chi connectivity index (χ0v) is 22.7. The Kier molecular flexibility index (Phi) is 9.10. The smallest absolute Gasteiger partial charge is 0.321 e. The van der Waals surface area contributed by atoms with Crippen LogP contribution < -0.4 is 20.3 Å². The van der Waals surface area contributed by atoms with Crippen LogP contribution in [0.15, 0.2) is 42.5 Å². The normalized spacial score (nSPS) is 15.8. The summed E-state index contributed by atoms with van der Waals surface area (Å²) in [5.74, 6) is 0.927. The molecule has 38 heavy (non-hydrogen) atoms. The van der Waals surface area contributed by atoms with Crippen molar-refractivity contribution in [2.24, 2.45) is 5.92 Å². The van der Waals surface area contributed by atoms with Crippen LogP contribution in [0.2, 0.25) is 0 Å². The van der Waals surface area contributed by atoms with E-state index >= 15 is 0 Å². The predicted octanol–water partition coefficient (Wildman–Crippen LogP) is 4.66. The molecule has 0 spiro atoms. The van der Waals surface area contributed by atoms with E-state index in [0.29, 0.717) is 43.0 Å². The lowest BCUT2D eigenvalue weighted by atomic mass is 10.1. The van der Waals surface area contributed by atoms with Crippen LogP contribution in [0.4, 0.5) is 21.9 Å². The first-order chi connectivity index (χ1) is 18.3. The Morgan fingerprint density at radius 2 is 1.50 bits per heavy atom. The molecule has 9 heteroatoms. The van der Waals surface area contributed by atoms with Crippen molar-refractivity contribution in [3.8, 4) is 5.75 Å². The van der Waals surface area contributed by atoms with E-state index in [0.717, 1.165) is 50.3 Å². The largest absolute Gasteiger partial charge is 0.497 e. The van der Waals surface area contributed by atoms with Crippen LogP contribution in [0.25, 0.3) is 0 Å². The number of hydrogen-bond donors (Lipinski definition) is 2. The van der Waals surface area contributed by atoms with Crippen LogP contribution >= 0.6 is 0 Å². The van der Waals surface area contributed by atoms with Gasteiger partial charge >= 0.3 is 6.03 Å². The van der Waals surface area contributed by atoms with Crippen LogP contribution in [0.1, 0.15) is 49.9 Å². The third-order valence-corrected chi connectivity index (χ3v) is 6.96. The molecule has 0 bridgehead atoms. The number of anilines is 3. The third-order valence-electron chi connectivity index (χ3n) is 6.96. The highest BCUT2D eigenvalue weighted by Gasteiger charge is 2.26. The van der Waals surface area contributed by atoms with Crippen LogP contribution in [0.3, 0.4) is 0 Å². The maximum atomic E-state index is 13.5. The minimum Gasteiger partial charge on any atom is -0.497 e. The first-order valence-electron chi connectivity index (χ1n) is 13.5. The Balaban J connectivity index is 1.48. The molecule has 0 atom stereocenters. The van der Waals surface area contributed by atoms with E-state index in [1.54, 1.807) is 7.11 Å². The molecule has 0 unspecified atom stereocenters. The molecule has 4 rings (SSSR count). The van der Waals surface area contributed by atoms with Gasteiger partial charge in [-0.3, -0.25) is 9.59 Å². The fourth-order valence-electron chi connectivity index (χ4n) is 4.97. The zero-order valence-electron chi connectivity index (χ0n) is 22.7. The van der Waals surface area contributed by atoms with Gasteiger partial charge in [0.25, 0.3) is 5.91 Å². The summed E-state index contributed by atoms with van der Waals surface area (Å²) in [5, 5.41) is 5.92. The van der Waals surface area contributed by atoms with Crippen molar-refractivity contribution >= 4 is 34.9 Å². The number of hydrogen-bond acceptors (Lipinski definition) is 5. The number of amides is 4. The number of nitrogens with zero attached hydrogens (tertiary/aromatic N) is 3. The minimum atomic E-state index is -0.145. The molecule has 2 aliphatic rings. The molecule has 2 saturated heterocycles. The van der Waals surface area contributed by atoms with Gasteiger partial charge in [0, 0.05) is 62.8 Å². The molecular weight excluding hydrogens is 482 g/mol. The number of nitrogens with one attached hydrogen (secondary N) is 2. The lowest BCUT2D eigenvalue weighted by Gasteiger charge is -2.27. The predicted molar refractivity (Wildman–Crippen MR) is 150 cm³/mol. The standard InChI is InChI=1S/C29H39N5O4/c1-21(2)19-27(35)30-23-9-12-26(25(20-23)28(36)33-13-4-5-14-33)32-15-6-16-34(18-17-32)29(37)31-22-7-10-24(38-3)11-8-22/h7-12,20-21H,4-6,13-19H2,1-3H3,(H,30,35)(H,31,37). The number of carbonyl (C=O) groups is 3. The quantitative estimate of drug-likeness (QED) is 0.553. The highest BCUT2D eigenvalue weighted by molar-refractivity contribution is 6.02. The molecule has 0 aromatic heterocycles. The maximum Gasteiger partial charge on any atom is 0.321 e. The number of likely N-dealkylation sites (tertiary alicyclic amines) is 1. The molecule has 0 saturated carbocycles.